The van der Waals surface area contributed by atoms with E-state index in [1.165, 1.54) is 11.3 Å². The van der Waals surface area contributed by atoms with Crippen LogP contribution in [0.2, 0.25) is 5.02 Å². The van der Waals surface area contributed by atoms with Gasteiger partial charge in [0.05, 0.1) is 0 Å². The minimum absolute atomic E-state index is 0.102. The van der Waals surface area contributed by atoms with E-state index in [9.17, 15) is 4.79 Å². The zero-order valence-corrected chi connectivity index (χ0v) is 11.4. The van der Waals surface area contributed by atoms with Gasteiger partial charge in [0, 0.05) is 26.9 Å². The smallest absolute Gasteiger partial charge is 0.168 e. The van der Waals surface area contributed by atoms with Gasteiger partial charge in [-0.05, 0) is 29.1 Å². The van der Waals surface area contributed by atoms with Crippen molar-refractivity contribution in [2.75, 3.05) is 0 Å². The van der Waals surface area contributed by atoms with Crippen LogP contribution in [0.4, 0.5) is 0 Å². The number of hydrogen-bond acceptors (Lipinski definition) is 2. The highest BCUT2D eigenvalue weighted by molar-refractivity contribution is 9.10. The maximum atomic E-state index is 11.8. The molecule has 0 radical (unpaired) electrons. The molecule has 0 saturated carbocycles. The summed E-state index contributed by atoms with van der Waals surface area (Å²) >= 11 is 10.9. The van der Waals surface area contributed by atoms with Crippen molar-refractivity contribution in [3.05, 3.63) is 55.6 Å². The number of carbonyl (C=O) groups excluding carboxylic acids is 1. The minimum atomic E-state index is 0.102. The molecular formula is C12H8BrClOS. The lowest BCUT2D eigenvalue weighted by Crippen LogP contribution is -2.02. The van der Waals surface area contributed by atoms with Crippen LogP contribution in [-0.4, -0.2) is 5.78 Å². The number of benzene rings is 1. The first-order chi connectivity index (χ1) is 7.66. The summed E-state index contributed by atoms with van der Waals surface area (Å²) in [5.41, 5.74) is 1.62. The fourth-order valence-electron chi connectivity index (χ4n) is 1.36. The SMILES string of the molecule is O=C(Cc1ccc(Br)cc1Cl)c1ccsc1. The Kier molecular flexibility index (Phi) is 3.79. The van der Waals surface area contributed by atoms with E-state index >= 15 is 0 Å². The van der Waals surface area contributed by atoms with Crippen LogP contribution in [-0.2, 0) is 6.42 Å². The normalized spacial score (nSPS) is 10.4. The van der Waals surface area contributed by atoms with Gasteiger partial charge in [-0.25, -0.2) is 0 Å². The van der Waals surface area contributed by atoms with Crippen molar-refractivity contribution in [1.29, 1.82) is 0 Å². The van der Waals surface area contributed by atoms with Crippen LogP contribution in [0.15, 0.2) is 39.5 Å². The molecule has 0 unspecified atom stereocenters. The summed E-state index contributed by atoms with van der Waals surface area (Å²) < 4.78 is 0.921. The summed E-state index contributed by atoms with van der Waals surface area (Å²) in [6.07, 6.45) is 0.350. The highest BCUT2D eigenvalue weighted by Gasteiger charge is 2.09. The highest BCUT2D eigenvalue weighted by atomic mass is 79.9. The molecule has 16 heavy (non-hydrogen) atoms. The number of hydrogen-bond donors (Lipinski definition) is 0. The molecule has 2 aromatic rings. The lowest BCUT2D eigenvalue weighted by atomic mass is 10.1. The van der Waals surface area contributed by atoms with Crippen LogP contribution in [0.5, 0.6) is 0 Å². The molecule has 1 nitrogen and oxygen atoms in total. The summed E-state index contributed by atoms with van der Waals surface area (Å²) in [5.74, 6) is 0.102. The Morgan fingerprint density at radius 3 is 2.81 bits per heavy atom. The van der Waals surface area contributed by atoms with Crippen LogP contribution < -0.4 is 0 Å². The Balaban J connectivity index is 2.18. The van der Waals surface area contributed by atoms with Crippen molar-refractivity contribution in [1.82, 2.24) is 0 Å². The average molecular weight is 316 g/mol. The molecule has 2 rings (SSSR count). The van der Waals surface area contributed by atoms with E-state index in [4.69, 9.17) is 11.6 Å². The van der Waals surface area contributed by atoms with E-state index in [0.717, 1.165) is 15.6 Å². The Hall–Kier alpha value is -0.640. The van der Waals surface area contributed by atoms with Crippen molar-refractivity contribution in [2.24, 2.45) is 0 Å². The molecule has 82 valence electrons. The number of halogens is 2. The molecule has 1 aromatic carbocycles. The lowest BCUT2D eigenvalue weighted by molar-refractivity contribution is 0.0993. The summed E-state index contributed by atoms with van der Waals surface area (Å²) in [5, 5.41) is 4.38. The Morgan fingerprint density at radius 1 is 1.38 bits per heavy atom. The number of ketones is 1. The number of Topliss-reactive ketones (excluding diaryl/α,β-unsaturated/α-hetero) is 1. The van der Waals surface area contributed by atoms with Gasteiger partial charge in [-0.1, -0.05) is 33.6 Å². The van der Waals surface area contributed by atoms with Crippen LogP contribution in [0.3, 0.4) is 0 Å². The molecule has 0 bridgehead atoms. The van der Waals surface area contributed by atoms with E-state index in [0.29, 0.717) is 11.4 Å². The van der Waals surface area contributed by atoms with E-state index in [2.05, 4.69) is 15.9 Å². The third kappa shape index (κ3) is 2.73. The Morgan fingerprint density at radius 2 is 2.19 bits per heavy atom. The second kappa shape index (κ2) is 5.13. The third-order valence-electron chi connectivity index (χ3n) is 2.21. The van der Waals surface area contributed by atoms with Gasteiger partial charge in [0.25, 0.3) is 0 Å². The van der Waals surface area contributed by atoms with Crippen LogP contribution in [0, 0.1) is 0 Å². The van der Waals surface area contributed by atoms with Crippen molar-refractivity contribution in [3.8, 4) is 0 Å². The fraction of sp³-hybridized carbons (Fsp3) is 0.0833. The fourth-order valence-corrected chi connectivity index (χ4v) is 2.76. The number of thiophene rings is 1. The molecule has 1 aromatic heterocycles. The largest absolute Gasteiger partial charge is 0.294 e. The predicted octanol–water partition coefficient (Wildman–Crippen LogP) is 4.59. The molecule has 4 heteroatoms. The zero-order valence-electron chi connectivity index (χ0n) is 8.24. The second-order valence-corrected chi connectivity index (χ2v) is 5.45. The summed E-state index contributed by atoms with van der Waals surface area (Å²) in [7, 11) is 0. The second-order valence-electron chi connectivity index (χ2n) is 3.35. The molecule has 0 atom stereocenters. The molecule has 0 fully saturated rings. The van der Waals surface area contributed by atoms with Crippen molar-refractivity contribution in [3.63, 3.8) is 0 Å². The topological polar surface area (TPSA) is 17.1 Å². The van der Waals surface area contributed by atoms with Gasteiger partial charge in [0.15, 0.2) is 5.78 Å². The standard InChI is InChI=1S/C12H8BrClOS/c13-10-2-1-8(11(14)6-10)5-12(15)9-3-4-16-7-9/h1-4,6-7H,5H2. The van der Waals surface area contributed by atoms with Gasteiger partial charge in [-0.15, -0.1) is 0 Å². The first-order valence-corrected chi connectivity index (χ1v) is 6.77. The Bertz CT molecular complexity index is 508. The molecular weight excluding hydrogens is 308 g/mol. The first kappa shape index (κ1) is 11.8. The third-order valence-corrected chi connectivity index (χ3v) is 3.74. The van der Waals surface area contributed by atoms with Gasteiger partial charge in [0.1, 0.15) is 0 Å². The molecule has 0 spiro atoms. The van der Waals surface area contributed by atoms with E-state index in [1.54, 1.807) is 6.07 Å². The van der Waals surface area contributed by atoms with E-state index in [1.807, 2.05) is 29.0 Å². The van der Waals surface area contributed by atoms with Gasteiger partial charge in [-0.2, -0.15) is 11.3 Å². The highest BCUT2D eigenvalue weighted by Crippen LogP contribution is 2.23. The average Bonchev–Trinajstić information content (AvgIpc) is 2.75. The Labute approximate surface area is 111 Å². The molecule has 0 aliphatic carbocycles. The number of carbonyl (C=O) groups is 1. The van der Waals surface area contributed by atoms with Crippen LogP contribution >= 0.6 is 38.9 Å². The van der Waals surface area contributed by atoms with Gasteiger partial charge >= 0.3 is 0 Å². The van der Waals surface area contributed by atoms with E-state index in [-0.39, 0.29) is 5.78 Å². The maximum absolute atomic E-state index is 11.8. The molecule has 1 heterocycles. The summed E-state index contributed by atoms with van der Waals surface area (Å²) in [4.78, 5) is 11.8. The van der Waals surface area contributed by atoms with Gasteiger partial charge < -0.3 is 0 Å². The van der Waals surface area contributed by atoms with Gasteiger partial charge in [-0.3, -0.25) is 4.79 Å². The molecule has 0 saturated heterocycles. The van der Waals surface area contributed by atoms with Crippen LogP contribution in [0.25, 0.3) is 0 Å². The minimum Gasteiger partial charge on any atom is -0.294 e. The summed E-state index contributed by atoms with van der Waals surface area (Å²) in [6, 6.07) is 7.40. The van der Waals surface area contributed by atoms with Crippen molar-refractivity contribution >= 4 is 44.7 Å². The van der Waals surface area contributed by atoms with E-state index < -0.39 is 0 Å². The zero-order chi connectivity index (χ0) is 11.5. The quantitative estimate of drug-likeness (QED) is 0.757. The number of rotatable bonds is 3. The molecule has 0 aliphatic heterocycles. The predicted molar refractivity (Wildman–Crippen MR) is 71.5 cm³/mol. The molecule has 0 aliphatic rings. The molecule has 0 amide bonds. The maximum Gasteiger partial charge on any atom is 0.168 e. The van der Waals surface area contributed by atoms with Gasteiger partial charge in [0.2, 0.25) is 0 Å². The van der Waals surface area contributed by atoms with Crippen molar-refractivity contribution in [2.45, 2.75) is 6.42 Å². The first-order valence-electron chi connectivity index (χ1n) is 4.66. The van der Waals surface area contributed by atoms with Crippen molar-refractivity contribution < 1.29 is 4.79 Å². The summed E-state index contributed by atoms with van der Waals surface area (Å²) in [6.45, 7) is 0. The molecule has 0 N–H and O–H groups in total. The monoisotopic (exact) mass is 314 g/mol. The van der Waals surface area contributed by atoms with Crippen LogP contribution in [0.1, 0.15) is 15.9 Å². The lowest BCUT2D eigenvalue weighted by Gasteiger charge is -2.03.